The SMILES string of the molecule is CCNC1(C(=O)O)CCCC(N(C)C)C1. The molecule has 0 aromatic rings. The second kappa shape index (κ2) is 4.94. The minimum Gasteiger partial charge on any atom is -0.480 e. The summed E-state index contributed by atoms with van der Waals surface area (Å²) in [7, 11) is 4.04. The van der Waals surface area contributed by atoms with E-state index in [9.17, 15) is 9.90 Å². The van der Waals surface area contributed by atoms with E-state index in [0.29, 0.717) is 19.0 Å². The first-order chi connectivity index (χ1) is 7.02. The van der Waals surface area contributed by atoms with Gasteiger partial charge in [-0.2, -0.15) is 0 Å². The summed E-state index contributed by atoms with van der Waals surface area (Å²) in [5, 5.41) is 12.5. The van der Waals surface area contributed by atoms with Gasteiger partial charge in [0.25, 0.3) is 0 Å². The molecule has 0 radical (unpaired) electrons. The summed E-state index contributed by atoms with van der Waals surface area (Å²) < 4.78 is 0. The molecule has 0 heterocycles. The molecule has 1 aliphatic rings. The molecule has 0 aromatic carbocycles. The average molecular weight is 214 g/mol. The summed E-state index contributed by atoms with van der Waals surface area (Å²) in [5.74, 6) is -0.698. The van der Waals surface area contributed by atoms with Crippen LogP contribution in [0.25, 0.3) is 0 Å². The number of hydrogen-bond donors (Lipinski definition) is 2. The van der Waals surface area contributed by atoms with Crippen LogP contribution in [0.1, 0.15) is 32.6 Å². The third kappa shape index (κ3) is 2.69. The van der Waals surface area contributed by atoms with E-state index in [4.69, 9.17) is 0 Å². The highest BCUT2D eigenvalue weighted by Gasteiger charge is 2.42. The third-order valence-electron chi connectivity index (χ3n) is 3.38. The van der Waals surface area contributed by atoms with Gasteiger partial charge in [-0.05, 0) is 46.3 Å². The Bertz CT molecular complexity index is 227. The molecule has 2 atom stereocenters. The molecule has 0 aromatic heterocycles. The standard InChI is InChI=1S/C11H22N2O2/c1-4-12-11(10(14)15)7-5-6-9(8-11)13(2)3/h9,12H,4-8H2,1-3H3,(H,14,15). The fourth-order valence-corrected chi connectivity index (χ4v) is 2.46. The summed E-state index contributed by atoms with van der Waals surface area (Å²) in [4.78, 5) is 13.5. The maximum Gasteiger partial charge on any atom is 0.323 e. The Morgan fingerprint density at radius 3 is 2.73 bits per heavy atom. The number of hydrogen-bond acceptors (Lipinski definition) is 3. The van der Waals surface area contributed by atoms with Crippen LogP contribution in [0.3, 0.4) is 0 Å². The lowest BCUT2D eigenvalue weighted by Gasteiger charge is -2.40. The Morgan fingerprint density at radius 1 is 1.60 bits per heavy atom. The van der Waals surface area contributed by atoms with E-state index in [1.165, 1.54) is 0 Å². The van der Waals surface area contributed by atoms with Crippen molar-refractivity contribution in [2.45, 2.75) is 44.2 Å². The topological polar surface area (TPSA) is 52.6 Å². The Balaban J connectivity index is 2.75. The lowest BCUT2D eigenvalue weighted by Crippen LogP contribution is -2.57. The molecule has 88 valence electrons. The highest BCUT2D eigenvalue weighted by molar-refractivity contribution is 5.79. The van der Waals surface area contributed by atoms with Gasteiger partial charge in [-0.15, -0.1) is 0 Å². The third-order valence-corrected chi connectivity index (χ3v) is 3.38. The van der Waals surface area contributed by atoms with Crippen LogP contribution in [0.15, 0.2) is 0 Å². The first-order valence-electron chi connectivity index (χ1n) is 5.66. The summed E-state index contributed by atoms with van der Waals surface area (Å²) in [6, 6.07) is 0.383. The van der Waals surface area contributed by atoms with Crippen molar-refractivity contribution in [3.05, 3.63) is 0 Å². The molecule has 2 unspecified atom stereocenters. The van der Waals surface area contributed by atoms with Gasteiger partial charge < -0.3 is 15.3 Å². The maximum atomic E-state index is 11.4. The number of likely N-dealkylation sites (N-methyl/N-ethyl adjacent to an activating group) is 1. The van der Waals surface area contributed by atoms with E-state index in [0.717, 1.165) is 19.3 Å². The Hall–Kier alpha value is -0.610. The quantitative estimate of drug-likeness (QED) is 0.731. The van der Waals surface area contributed by atoms with Crippen molar-refractivity contribution in [2.24, 2.45) is 0 Å². The van der Waals surface area contributed by atoms with Gasteiger partial charge in [0.05, 0.1) is 0 Å². The van der Waals surface area contributed by atoms with Crippen molar-refractivity contribution in [3.8, 4) is 0 Å². The zero-order valence-corrected chi connectivity index (χ0v) is 9.92. The van der Waals surface area contributed by atoms with E-state index in [2.05, 4.69) is 10.2 Å². The molecule has 4 nitrogen and oxygen atoms in total. The monoisotopic (exact) mass is 214 g/mol. The predicted octanol–water partition coefficient (Wildman–Crippen LogP) is 0.923. The van der Waals surface area contributed by atoms with Crippen molar-refractivity contribution in [2.75, 3.05) is 20.6 Å². The van der Waals surface area contributed by atoms with Gasteiger partial charge >= 0.3 is 5.97 Å². The zero-order chi connectivity index (χ0) is 11.5. The highest BCUT2D eigenvalue weighted by atomic mass is 16.4. The molecule has 1 saturated carbocycles. The van der Waals surface area contributed by atoms with E-state index in [1.54, 1.807) is 0 Å². The van der Waals surface area contributed by atoms with Crippen LogP contribution < -0.4 is 5.32 Å². The Morgan fingerprint density at radius 2 is 2.27 bits per heavy atom. The second-order valence-corrected chi connectivity index (χ2v) is 4.63. The lowest BCUT2D eigenvalue weighted by atomic mass is 9.78. The average Bonchev–Trinajstić information content (AvgIpc) is 2.18. The Kier molecular flexibility index (Phi) is 4.11. The van der Waals surface area contributed by atoms with E-state index in [-0.39, 0.29) is 0 Å². The molecule has 1 fully saturated rings. The van der Waals surface area contributed by atoms with Crippen molar-refractivity contribution < 1.29 is 9.90 Å². The first-order valence-corrected chi connectivity index (χ1v) is 5.66. The molecular formula is C11H22N2O2. The number of rotatable bonds is 4. The van der Waals surface area contributed by atoms with Crippen LogP contribution in [0, 0.1) is 0 Å². The largest absolute Gasteiger partial charge is 0.480 e. The normalized spacial score (nSPS) is 31.9. The molecule has 0 saturated heterocycles. The molecule has 0 bridgehead atoms. The number of carboxylic acid groups (broad SMARTS) is 1. The molecular weight excluding hydrogens is 192 g/mol. The summed E-state index contributed by atoms with van der Waals surface area (Å²) in [6.07, 6.45) is 3.55. The minimum absolute atomic E-state index is 0.383. The van der Waals surface area contributed by atoms with Gasteiger partial charge in [0.2, 0.25) is 0 Å². The molecule has 15 heavy (non-hydrogen) atoms. The van der Waals surface area contributed by atoms with Crippen LogP contribution in [0.5, 0.6) is 0 Å². The molecule has 0 spiro atoms. The summed E-state index contributed by atoms with van der Waals surface area (Å²) >= 11 is 0. The molecule has 1 aliphatic carbocycles. The first kappa shape index (κ1) is 12.5. The van der Waals surface area contributed by atoms with Crippen LogP contribution in [-0.2, 0) is 4.79 Å². The van der Waals surface area contributed by atoms with Gasteiger partial charge in [0, 0.05) is 6.04 Å². The highest BCUT2D eigenvalue weighted by Crippen LogP contribution is 2.30. The van der Waals surface area contributed by atoms with Crippen LogP contribution in [0.2, 0.25) is 0 Å². The fraction of sp³-hybridized carbons (Fsp3) is 0.909. The number of carboxylic acids is 1. The van der Waals surface area contributed by atoms with Crippen molar-refractivity contribution in [3.63, 3.8) is 0 Å². The molecule has 1 rings (SSSR count). The van der Waals surface area contributed by atoms with E-state index in [1.807, 2.05) is 21.0 Å². The second-order valence-electron chi connectivity index (χ2n) is 4.63. The van der Waals surface area contributed by atoms with Gasteiger partial charge in [-0.3, -0.25) is 4.79 Å². The van der Waals surface area contributed by atoms with Crippen LogP contribution in [-0.4, -0.2) is 48.2 Å². The summed E-state index contributed by atoms with van der Waals surface area (Å²) in [6.45, 7) is 2.68. The van der Waals surface area contributed by atoms with E-state index < -0.39 is 11.5 Å². The van der Waals surface area contributed by atoms with Gasteiger partial charge in [-0.25, -0.2) is 0 Å². The van der Waals surface area contributed by atoms with Crippen LogP contribution >= 0.6 is 0 Å². The smallest absolute Gasteiger partial charge is 0.323 e. The predicted molar refractivity (Wildman–Crippen MR) is 60.0 cm³/mol. The number of aliphatic carboxylic acids is 1. The number of carbonyl (C=O) groups is 1. The minimum atomic E-state index is -0.698. The maximum absolute atomic E-state index is 11.4. The van der Waals surface area contributed by atoms with Crippen molar-refractivity contribution >= 4 is 5.97 Å². The van der Waals surface area contributed by atoms with Gasteiger partial charge in [0.1, 0.15) is 5.54 Å². The van der Waals surface area contributed by atoms with Crippen molar-refractivity contribution in [1.82, 2.24) is 10.2 Å². The van der Waals surface area contributed by atoms with Gasteiger partial charge in [0.15, 0.2) is 0 Å². The van der Waals surface area contributed by atoms with E-state index >= 15 is 0 Å². The number of nitrogens with one attached hydrogen (secondary N) is 1. The number of nitrogens with zero attached hydrogens (tertiary/aromatic N) is 1. The molecule has 4 heteroatoms. The molecule has 0 amide bonds. The lowest BCUT2D eigenvalue weighted by molar-refractivity contribution is -0.147. The molecule has 0 aliphatic heterocycles. The zero-order valence-electron chi connectivity index (χ0n) is 9.92. The van der Waals surface area contributed by atoms with Gasteiger partial charge in [-0.1, -0.05) is 6.92 Å². The fourth-order valence-electron chi connectivity index (χ4n) is 2.46. The molecule has 2 N–H and O–H groups in total. The Labute approximate surface area is 91.6 Å². The van der Waals surface area contributed by atoms with Crippen molar-refractivity contribution in [1.29, 1.82) is 0 Å². The van der Waals surface area contributed by atoms with Crippen LogP contribution in [0.4, 0.5) is 0 Å². The summed E-state index contributed by atoms with van der Waals surface area (Å²) in [5.41, 5.74) is -0.693.